The average molecular weight is 449 g/mol. The summed E-state index contributed by atoms with van der Waals surface area (Å²) in [7, 11) is 0. The van der Waals surface area contributed by atoms with E-state index in [1.54, 1.807) is 13.0 Å². The highest BCUT2D eigenvalue weighted by Gasteiger charge is 2.16. The minimum Gasteiger partial charge on any atom is -0.465 e. The van der Waals surface area contributed by atoms with Gasteiger partial charge in [0.2, 0.25) is 0 Å². The molecule has 0 fully saturated rings. The molecule has 0 spiro atoms. The number of esters is 1. The van der Waals surface area contributed by atoms with Gasteiger partial charge in [-0.15, -0.1) is 0 Å². The van der Waals surface area contributed by atoms with Gasteiger partial charge in [-0.05, 0) is 29.3 Å². The van der Waals surface area contributed by atoms with Crippen LogP contribution in [0.2, 0.25) is 0 Å². The van der Waals surface area contributed by atoms with Gasteiger partial charge in [0.1, 0.15) is 6.54 Å². The van der Waals surface area contributed by atoms with Crippen LogP contribution < -0.4 is 4.80 Å². The van der Waals surface area contributed by atoms with Crippen LogP contribution in [0.15, 0.2) is 65.7 Å². The Morgan fingerprint density at radius 3 is 2.62 bits per heavy atom. The molecule has 9 heteroatoms. The van der Waals surface area contributed by atoms with Crippen LogP contribution in [0, 0.1) is 10.1 Å². The molecule has 0 bridgehead atoms. The molecule has 0 aliphatic heterocycles. The maximum atomic E-state index is 12.7. The van der Waals surface area contributed by atoms with E-state index in [1.807, 2.05) is 42.5 Å². The molecular weight excluding hydrogens is 430 g/mol. The van der Waals surface area contributed by atoms with Crippen molar-refractivity contribution in [1.82, 2.24) is 4.57 Å². The van der Waals surface area contributed by atoms with Crippen molar-refractivity contribution in [2.45, 2.75) is 19.9 Å². The third-order valence-corrected chi connectivity index (χ3v) is 5.92. The third-order valence-electron chi connectivity index (χ3n) is 4.86. The van der Waals surface area contributed by atoms with Crippen LogP contribution in [-0.2, 0) is 27.3 Å². The fourth-order valence-corrected chi connectivity index (χ4v) is 4.44. The van der Waals surface area contributed by atoms with Crippen LogP contribution in [0.3, 0.4) is 0 Å². The highest BCUT2D eigenvalue weighted by molar-refractivity contribution is 7.16. The summed E-state index contributed by atoms with van der Waals surface area (Å²) in [5, 5.41) is 13.3. The van der Waals surface area contributed by atoms with Crippen molar-refractivity contribution in [3.05, 3.63) is 81.1 Å². The largest absolute Gasteiger partial charge is 0.465 e. The SMILES string of the molecule is CCOC(=O)Cn1c(=NC(=O)Cc2ccc3ccccc3c2)sc2ccc([N+](=O)[O-])cc21. The van der Waals surface area contributed by atoms with E-state index in [2.05, 4.69) is 4.99 Å². The molecule has 4 aromatic rings. The van der Waals surface area contributed by atoms with E-state index >= 15 is 0 Å². The lowest BCUT2D eigenvalue weighted by Crippen LogP contribution is -2.23. The van der Waals surface area contributed by atoms with E-state index in [-0.39, 0.29) is 31.2 Å². The summed E-state index contributed by atoms with van der Waals surface area (Å²) < 4.78 is 7.19. The Hall–Kier alpha value is -3.85. The van der Waals surface area contributed by atoms with Gasteiger partial charge in [-0.1, -0.05) is 53.8 Å². The fourth-order valence-electron chi connectivity index (χ4n) is 3.41. The van der Waals surface area contributed by atoms with Gasteiger partial charge in [0.05, 0.1) is 28.2 Å². The number of hydrogen-bond donors (Lipinski definition) is 0. The van der Waals surface area contributed by atoms with E-state index in [1.165, 1.54) is 28.0 Å². The third kappa shape index (κ3) is 4.57. The standard InChI is InChI=1S/C23H19N3O5S/c1-2-31-22(28)14-25-19-13-18(26(29)30)9-10-20(19)32-23(25)24-21(27)12-15-7-8-16-5-3-4-6-17(16)11-15/h3-11,13H,2,12,14H2,1H3. The number of nitro benzene ring substituents is 1. The van der Waals surface area contributed by atoms with Gasteiger partial charge in [0.15, 0.2) is 4.80 Å². The van der Waals surface area contributed by atoms with Gasteiger partial charge in [-0.25, -0.2) is 0 Å². The molecule has 0 unspecified atom stereocenters. The Kier molecular flexibility index (Phi) is 6.09. The van der Waals surface area contributed by atoms with E-state index in [4.69, 9.17) is 4.74 Å². The number of benzene rings is 3. The number of thiazole rings is 1. The summed E-state index contributed by atoms with van der Waals surface area (Å²) in [6, 6.07) is 18.0. The minimum atomic E-state index is -0.512. The number of ether oxygens (including phenoxy) is 1. The maximum absolute atomic E-state index is 12.7. The van der Waals surface area contributed by atoms with Crippen molar-refractivity contribution in [2.75, 3.05) is 6.61 Å². The Bertz CT molecular complexity index is 1420. The molecule has 4 rings (SSSR count). The van der Waals surface area contributed by atoms with Gasteiger partial charge < -0.3 is 9.30 Å². The van der Waals surface area contributed by atoms with E-state index in [9.17, 15) is 19.7 Å². The van der Waals surface area contributed by atoms with Gasteiger partial charge in [0.25, 0.3) is 11.6 Å². The lowest BCUT2D eigenvalue weighted by Gasteiger charge is -2.05. The van der Waals surface area contributed by atoms with E-state index in [0.29, 0.717) is 15.0 Å². The molecule has 0 aliphatic rings. The van der Waals surface area contributed by atoms with Gasteiger partial charge in [0, 0.05) is 12.1 Å². The number of amides is 1. The molecule has 0 saturated carbocycles. The molecule has 1 aromatic heterocycles. The molecule has 1 amide bonds. The average Bonchev–Trinajstić information content (AvgIpc) is 3.09. The number of nitrogens with zero attached hydrogens (tertiary/aromatic N) is 3. The molecular formula is C23H19N3O5S. The second-order valence-corrected chi connectivity index (χ2v) is 8.06. The summed E-state index contributed by atoms with van der Waals surface area (Å²) in [6.45, 7) is 1.70. The predicted molar refractivity (Wildman–Crippen MR) is 121 cm³/mol. The predicted octanol–water partition coefficient (Wildman–Crippen LogP) is 4.00. The molecule has 0 atom stereocenters. The molecule has 0 radical (unpaired) electrons. The van der Waals surface area contributed by atoms with Crippen LogP contribution >= 0.6 is 11.3 Å². The van der Waals surface area contributed by atoms with Crippen molar-refractivity contribution in [2.24, 2.45) is 4.99 Å². The van der Waals surface area contributed by atoms with Gasteiger partial charge >= 0.3 is 5.97 Å². The lowest BCUT2D eigenvalue weighted by atomic mass is 10.1. The second-order valence-electron chi connectivity index (χ2n) is 7.05. The lowest BCUT2D eigenvalue weighted by molar-refractivity contribution is -0.384. The maximum Gasteiger partial charge on any atom is 0.326 e. The first-order valence-corrected chi connectivity index (χ1v) is 10.7. The number of hydrogen-bond acceptors (Lipinski definition) is 6. The molecule has 8 nitrogen and oxygen atoms in total. The van der Waals surface area contributed by atoms with E-state index < -0.39 is 10.9 Å². The Morgan fingerprint density at radius 2 is 1.88 bits per heavy atom. The van der Waals surface area contributed by atoms with Gasteiger partial charge in [-0.3, -0.25) is 19.7 Å². The summed E-state index contributed by atoms with van der Waals surface area (Å²) in [6.07, 6.45) is 0.0959. The van der Waals surface area contributed by atoms with Crippen molar-refractivity contribution in [3.8, 4) is 0 Å². The number of rotatable bonds is 6. The zero-order valence-corrected chi connectivity index (χ0v) is 18.0. The Labute approximate surface area is 186 Å². The number of carbonyl (C=O) groups is 2. The minimum absolute atomic E-state index is 0.0959. The van der Waals surface area contributed by atoms with E-state index in [0.717, 1.165) is 16.3 Å². The molecule has 3 aromatic carbocycles. The highest BCUT2D eigenvalue weighted by atomic mass is 32.1. The number of carbonyl (C=O) groups excluding carboxylic acids is 2. The summed E-state index contributed by atoms with van der Waals surface area (Å²) >= 11 is 1.19. The van der Waals surface area contributed by atoms with Crippen LogP contribution in [0.25, 0.3) is 21.0 Å². The summed E-state index contributed by atoms with van der Waals surface area (Å²) in [5.74, 6) is -0.888. The molecule has 0 N–H and O–H groups in total. The quantitative estimate of drug-likeness (QED) is 0.251. The van der Waals surface area contributed by atoms with Crippen LogP contribution in [0.1, 0.15) is 12.5 Å². The number of non-ortho nitro benzene ring substituents is 1. The Morgan fingerprint density at radius 1 is 1.09 bits per heavy atom. The van der Waals surface area contributed by atoms with Crippen molar-refractivity contribution < 1.29 is 19.2 Å². The zero-order chi connectivity index (χ0) is 22.7. The highest BCUT2D eigenvalue weighted by Crippen LogP contribution is 2.23. The first-order valence-electron chi connectivity index (χ1n) is 9.93. The first-order chi connectivity index (χ1) is 15.4. The number of nitro groups is 1. The molecule has 0 saturated heterocycles. The fraction of sp³-hybridized carbons (Fsp3) is 0.174. The van der Waals surface area contributed by atoms with Crippen molar-refractivity contribution in [3.63, 3.8) is 0 Å². The van der Waals surface area contributed by atoms with Gasteiger partial charge in [-0.2, -0.15) is 4.99 Å². The number of fused-ring (bicyclic) bond motifs is 2. The molecule has 1 heterocycles. The zero-order valence-electron chi connectivity index (χ0n) is 17.2. The van der Waals surface area contributed by atoms with Crippen molar-refractivity contribution >= 4 is 49.9 Å². The van der Waals surface area contributed by atoms with Crippen molar-refractivity contribution in [1.29, 1.82) is 0 Å². The van der Waals surface area contributed by atoms with Crippen LogP contribution in [0.5, 0.6) is 0 Å². The Balaban J connectivity index is 1.72. The second kappa shape index (κ2) is 9.11. The normalized spacial score (nSPS) is 11.7. The summed E-state index contributed by atoms with van der Waals surface area (Å²) in [4.78, 5) is 40.1. The first kappa shape index (κ1) is 21.4. The molecule has 162 valence electrons. The molecule has 0 aliphatic carbocycles. The van der Waals surface area contributed by atoms with Crippen LogP contribution in [-0.4, -0.2) is 28.0 Å². The smallest absolute Gasteiger partial charge is 0.326 e. The monoisotopic (exact) mass is 449 g/mol. The topological polar surface area (TPSA) is 104 Å². The van der Waals surface area contributed by atoms with Crippen LogP contribution in [0.4, 0.5) is 5.69 Å². The number of aromatic nitrogens is 1. The molecule has 32 heavy (non-hydrogen) atoms. The summed E-state index contributed by atoms with van der Waals surface area (Å²) in [5.41, 5.74) is 1.17.